The van der Waals surface area contributed by atoms with Crippen LogP contribution >= 0.6 is 0 Å². The molecule has 1 aliphatic rings. The van der Waals surface area contributed by atoms with Gasteiger partial charge in [0.05, 0.1) is 25.3 Å². The first-order valence-electron chi connectivity index (χ1n) is 7.25. The Labute approximate surface area is 120 Å². The molecule has 3 unspecified atom stereocenters. The number of nitrogens with two attached hydrogens (primary N) is 1. The lowest BCUT2D eigenvalue weighted by molar-refractivity contribution is -0.145. The zero-order chi connectivity index (χ0) is 15.3. The molecule has 20 heavy (non-hydrogen) atoms. The second kappa shape index (κ2) is 7.59. The first-order valence-corrected chi connectivity index (χ1v) is 7.25. The summed E-state index contributed by atoms with van der Waals surface area (Å²) in [5, 5.41) is 9.22. The van der Waals surface area contributed by atoms with Gasteiger partial charge in [-0.15, -0.1) is 0 Å². The average Bonchev–Trinajstić information content (AvgIpc) is 2.83. The maximum Gasteiger partial charge on any atom is 0.311 e. The number of carboxylic acids is 1. The standard InChI is InChI=1S/C14H26N2O4/c1-4-5-16(13(17)11(15)6-9(2)3)12-8-20-7-10(12)14(18)19/h9-12H,4-8,15H2,1-3H3,(H,18,19). The number of amides is 1. The van der Waals surface area contributed by atoms with E-state index in [9.17, 15) is 14.7 Å². The molecule has 0 saturated carbocycles. The molecule has 3 N–H and O–H groups in total. The molecule has 0 aromatic heterocycles. The quantitative estimate of drug-likeness (QED) is 0.718. The Hall–Kier alpha value is -1.14. The molecule has 0 bridgehead atoms. The van der Waals surface area contributed by atoms with Gasteiger partial charge in [-0.25, -0.2) is 0 Å². The van der Waals surface area contributed by atoms with Crippen molar-refractivity contribution in [3.05, 3.63) is 0 Å². The van der Waals surface area contributed by atoms with Gasteiger partial charge < -0.3 is 20.5 Å². The third kappa shape index (κ3) is 4.18. The second-order valence-corrected chi connectivity index (χ2v) is 5.82. The predicted molar refractivity (Wildman–Crippen MR) is 75.2 cm³/mol. The Morgan fingerprint density at radius 1 is 1.40 bits per heavy atom. The molecule has 0 spiro atoms. The number of carbonyl (C=O) groups is 2. The van der Waals surface area contributed by atoms with Crippen LogP contribution in [-0.4, -0.2) is 53.7 Å². The Morgan fingerprint density at radius 3 is 2.55 bits per heavy atom. The summed E-state index contributed by atoms with van der Waals surface area (Å²) < 4.78 is 5.25. The molecule has 0 aliphatic carbocycles. The number of carbonyl (C=O) groups excluding carboxylic acids is 1. The molecule has 6 nitrogen and oxygen atoms in total. The molecule has 1 heterocycles. The van der Waals surface area contributed by atoms with Crippen LogP contribution in [0.15, 0.2) is 0 Å². The van der Waals surface area contributed by atoms with E-state index in [0.29, 0.717) is 18.9 Å². The van der Waals surface area contributed by atoms with Crippen molar-refractivity contribution >= 4 is 11.9 Å². The van der Waals surface area contributed by atoms with E-state index in [-0.39, 0.29) is 19.1 Å². The van der Waals surface area contributed by atoms with E-state index in [2.05, 4.69) is 0 Å². The van der Waals surface area contributed by atoms with Gasteiger partial charge in [-0.2, -0.15) is 0 Å². The highest BCUT2D eigenvalue weighted by Gasteiger charge is 2.40. The van der Waals surface area contributed by atoms with E-state index < -0.39 is 24.0 Å². The van der Waals surface area contributed by atoms with Gasteiger partial charge in [0.15, 0.2) is 0 Å². The minimum Gasteiger partial charge on any atom is -0.481 e. The topological polar surface area (TPSA) is 92.9 Å². The van der Waals surface area contributed by atoms with Crippen molar-refractivity contribution in [2.24, 2.45) is 17.6 Å². The number of carboxylic acid groups (broad SMARTS) is 1. The number of hydrogen-bond donors (Lipinski definition) is 2. The molecule has 6 heteroatoms. The summed E-state index contributed by atoms with van der Waals surface area (Å²) in [7, 11) is 0. The average molecular weight is 286 g/mol. The molecule has 1 aliphatic heterocycles. The van der Waals surface area contributed by atoms with Crippen LogP contribution in [0.25, 0.3) is 0 Å². The van der Waals surface area contributed by atoms with Crippen LogP contribution < -0.4 is 5.73 Å². The molecule has 1 fully saturated rings. The van der Waals surface area contributed by atoms with Crippen molar-refractivity contribution < 1.29 is 19.4 Å². The van der Waals surface area contributed by atoms with Gasteiger partial charge in [-0.3, -0.25) is 9.59 Å². The van der Waals surface area contributed by atoms with Crippen LogP contribution in [-0.2, 0) is 14.3 Å². The van der Waals surface area contributed by atoms with Gasteiger partial charge in [0, 0.05) is 6.54 Å². The van der Waals surface area contributed by atoms with Crippen molar-refractivity contribution in [2.45, 2.75) is 45.7 Å². The van der Waals surface area contributed by atoms with Gasteiger partial charge in [0.25, 0.3) is 0 Å². The SMILES string of the molecule is CCCN(C(=O)C(N)CC(C)C)C1COCC1C(=O)O. The normalized spacial score (nSPS) is 23.9. The number of nitrogens with zero attached hydrogens (tertiary/aromatic N) is 1. The van der Waals surface area contributed by atoms with Crippen LogP contribution in [0.4, 0.5) is 0 Å². The maximum atomic E-state index is 12.5. The lowest BCUT2D eigenvalue weighted by atomic mass is 9.98. The van der Waals surface area contributed by atoms with Crippen LogP contribution in [0.5, 0.6) is 0 Å². The summed E-state index contributed by atoms with van der Waals surface area (Å²) in [5.41, 5.74) is 5.96. The molecule has 1 amide bonds. The molecule has 1 saturated heterocycles. The Kier molecular flexibility index (Phi) is 6.42. The fraction of sp³-hybridized carbons (Fsp3) is 0.857. The third-order valence-corrected chi connectivity index (χ3v) is 3.56. The van der Waals surface area contributed by atoms with E-state index in [1.54, 1.807) is 4.90 Å². The Bertz CT molecular complexity index is 346. The molecule has 0 aromatic carbocycles. The summed E-state index contributed by atoms with van der Waals surface area (Å²) in [6.45, 7) is 6.93. The van der Waals surface area contributed by atoms with Crippen molar-refractivity contribution in [2.75, 3.05) is 19.8 Å². The van der Waals surface area contributed by atoms with Crippen LogP contribution in [0.3, 0.4) is 0 Å². The smallest absolute Gasteiger partial charge is 0.311 e. The molecular formula is C14H26N2O4. The molecule has 0 aromatic rings. The summed E-state index contributed by atoms with van der Waals surface area (Å²) in [5.74, 6) is -1.41. The monoisotopic (exact) mass is 286 g/mol. The Morgan fingerprint density at radius 2 is 2.05 bits per heavy atom. The number of ether oxygens (including phenoxy) is 1. The molecule has 3 atom stereocenters. The van der Waals surface area contributed by atoms with E-state index in [1.165, 1.54) is 0 Å². The van der Waals surface area contributed by atoms with Gasteiger partial charge in [0.2, 0.25) is 5.91 Å². The summed E-state index contributed by atoms with van der Waals surface area (Å²) in [6, 6.07) is -0.977. The molecule has 116 valence electrons. The first kappa shape index (κ1) is 16.9. The lowest BCUT2D eigenvalue weighted by Crippen LogP contribution is -2.52. The first-order chi connectivity index (χ1) is 9.38. The second-order valence-electron chi connectivity index (χ2n) is 5.82. The highest BCUT2D eigenvalue weighted by molar-refractivity contribution is 5.83. The van der Waals surface area contributed by atoms with Crippen LogP contribution in [0.2, 0.25) is 0 Å². The molecular weight excluding hydrogens is 260 g/mol. The lowest BCUT2D eigenvalue weighted by Gasteiger charge is -2.32. The number of aliphatic carboxylic acids is 1. The van der Waals surface area contributed by atoms with Gasteiger partial charge in [0.1, 0.15) is 5.92 Å². The van der Waals surface area contributed by atoms with Crippen molar-refractivity contribution in [1.82, 2.24) is 4.90 Å². The van der Waals surface area contributed by atoms with Crippen molar-refractivity contribution in [1.29, 1.82) is 0 Å². The summed E-state index contributed by atoms with van der Waals surface area (Å²) in [4.78, 5) is 25.3. The molecule has 0 radical (unpaired) electrons. The third-order valence-electron chi connectivity index (χ3n) is 3.56. The highest BCUT2D eigenvalue weighted by Crippen LogP contribution is 2.22. The maximum absolute atomic E-state index is 12.5. The van der Waals surface area contributed by atoms with Gasteiger partial charge in [-0.1, -0.05) is 20.8 Å². The van der Waals surface area contributed by atoms with Crippen molar-refractivity contribution in [3.63, 3.8) is 0 Å². The predicted octanol–water partition coefficient (Wildman–Crippen LogP) is 0.698. The minimum atomic E-state index is -0.918. The largest absolute Gasteiger partial charge is 0.481 e. The summed E-state index contributed by atoms with van der Waals surface area (Å²) >= 11 is 0. The molecule has 1 rings (SSSR count). The number of hydrogen-bond acceptors (Lipinski definition) is 4. The fourth-order valence-electron chi connectivity index (χ4n) is 2.59. The van der Waals surface area contributed by atoms with E-state index in [4.69, 9.17) is 10.5 Å². The zero-order valence-electron chi connectivity index (χ0n) is 12.5. The van der Waals surface area contributed by atoms with E-state index in [1.807, 2.05) is 20.8 Å². The fourth-order valence-corrected chi connectivity index (χ4v) is 2.59. The van der Waals surface area contributed by atoms with Crippen molar-refractivity contribution in [3.8, 4) is 0 Å². The zero-order valence-corrected chi connectivity index (χ0v) is 12.5. The summed E-state index contributed by atoms with van der Waals surface area (Å²) in [6.07, 6.45) is 1.37. The van der Waals surface area contributed by atoms with Gasteiger partial charge in [-0.05, 0) is 18.8 Å². The van der Waals surface area contributed by atoms with Crippen LogP contribution in [0, 0.1) is 11.8 Å². The van der Waals surface area contributed by atoms with Gasteiger partial charge >= 0.3 is 5.97 Å². The van der Waals surface area contributed by atoms with E-state index >= 15 is 0 Å². The van der Waals surface area contributed by atoms with E-state index in [0.717, 1.165) is 6.42 Å². The number of rotatable bonds is 7. The minimum absolute atomic E-state index is 0.160. The van der Waals surface area contributed by atoms with Crippen LogP contribution in [0.1, 0.15) is 33.6 Å². The highest BCUT2D eigenvalue weighted by atomic mass is 16.5. The Balaban J connectivity index is 2.82.